The van der Waals surface area contributed by atoms with Crippen LogP contribution in [0.5, 0.6) is 0 Å². The van der Waals surface area contributed by atoms with Crippen molar-refractivity contribution >= 4 is 11.9 Å². The van der Waals surface area contributed by atoms with E-state index < -0.39 is 17.5 Å². The minimum atomic E-state index is -1.82. The molecular weight excluding hydrogens is 422 g/mol. The molecule has 0 fully saturated rings. The molecule has 9 heteroatoms. The van der Waals surface area contributed by atoms with Gasteiger partial charge in [-0.05, 0) is 28.8 Å². The Hall–Kier alpha value is -4.37. The molecule has 168 valence electrons. The van der Waals surface area contributed by atoms with Crippen molar-refractivity contribution in [2.24, 2.45) is 5.73 Å². The zero-order valence-electron chi connectivity index (χ0n) is 17.8. The van der Waals surface area contributed by atoms with Gasteiger partial charge in [-0.1, -0.05) is 91.0 Å². The van der Waals surface area contributed by atoms with Crippen LogP contribution in [0.3, 0.4) is 0 Å². The third kappa shape index (κ3) is 4.94. The van der Waals surface area contributed by atoms with Crippen LogP contribution in [0, 0.1) is 0 Å². The van der Waals surface area contributed by atoms with E-state index in [1.54, 1.807) is 4.80 Å². The average Bonchev–Trinajstić information content (AvgIpc) is 3.33. The topological polar surface area (TPSA) is 144 Å². The molecule has 9 nitrogen and oxygen atoms in total. The lowest BCUT2D eigenvalue weighted by Gasteiger charge is -2.34. The summed E-state index contributed by atoms with van der Waals surface area (Å²) >= 11 is 0. The minimum Gasteiger partial charge on any atom is -0.473 e. The first kappa shape index (κ1) is 23.3. The van der Waals surface area contributed by atoms with Gasteiger partial charge in [-0.25, -0.2) is 9.59 Å². The molecule has 1 heterocycles. The lowest BCUT2D eigenvalue weighted by molar-refractivity contribution is -0.159. The molecule has 4 aromatic rings. The van der Waals surface area contributed by atoms with Gasteiger partial charge in [-0.15, -0.1) is 15.0 Å². The predicted molar refractivity (Wildman–Crippen MR) is 120 cm³/mol. The van der Waals surface area contributed by atoms with Crippen molar-refractivity contribution < 1.29 is 19.8 Å². The number of carboxylic acid groups (broad SMARTS) is 2. The fraction of sp³-hybridized carbons (Fsp3) is 0.125. The molecule has 4 rings (SSSR count). The second-order valence-corrected chi connectivity index (χ2v) is 7.14. The lowest BCUT2D eigenvalue weighted by Crippen LogP contribution is -2.39. The maximum Gasteiger partial charge on any atom is 0.414 e. The molecule has 0 saturated heterocycles. The van der Waals surface area contributed by atoms with E-state index >= 15 is 0 Å². The summed E-state index contributed by atoms with van der Waals surface area (Å²) in [5, 5.41) is 28.1. The van der Waals surface area contributed by atoms with Gasteiger partial charge in [0, 0.05) is 0 Å². The molecule has 3 aromatic carbocycles. The molecule has 0 aliphatic rings. The highest BCUT2D eigenvalue weighted by Gasteiger charge is 2.41. The molecular formula is C24H23N5O4. The third-order valence-corrected chi connectivity index (χ3v) is 4.89. The first-order chi connectivity index (χ1) is 15.9. The maximum absolute atomic E-state index is 9.10. The fourth-order valence-electron chi connectivity index (χ4n) is 3.43. The van der Waals surface area contributed by atoms with Gasteiger partial charge in [0.15, 0.2) is 11.4 Å². The smallest absolute Gasteiger partial charge is 0.414 e. The number of hydrogen-bond donors (Lipinski definition) is 3. The van der Waals surface area contributed by atoms with Crippen molar-refractivity contribution in [2.45, 2.75) is 18.5 Å². The molecule has 0 bridgehead atoms. The first-order valence-corrected chi connectivity index (χ1v) is 10.1. The van der Waals surface area contributed by atoms with Crippen LogP contribution in [-0.4, -0.2) is 42.4 Å². The highest BCUT2D eigenvalue weighted by atomic mass is 16.4. The van der Waals surface area contributed by atoms with Crippen molar-refractivity contribution in [1.29, 1.82) is 0 Å². The number of nitrogens with two attached hydrogens (primary N) is 1. The van der Waals surface area contributed by atoms with Crippen LogP contribution in [0.25, 0.3) is 0 Å². The summed E-state index contributed by atoms with van der Waals surface area (Å²) in [4.78, 5) is 19.9. The van der Waals surface area contributed by atoms with Crippen molar-refractivity contribution in [3.63, 3.8) is 0 Å². The van der Waals surface area contributed by atoms with Crippen molar-refractivity contribution in [2.75, 3.05) is 0 Å². The van der Waals surface area contributed by atoms with E-state index in [0.717, 1.165) is 16.7 Å². The molecule has 1 aromatic heterocycles. The second kappa shape index (κ2) is 10.3. The Morgan fingerprint density at radius 2 is 1.15 bits per heavy atom. The van der Waals surface area contributed by atoms with Gasteiger partial charge < -0.3 is 15.9 Å². The number of carboxylic acids is 2. The Bertz CT molecular complexity index is 1090. The number of tetrazole rings is 1. The molecule has 33 heavy (non-hydrogen) atoms. The molecule has 4 N–H and O–H groups in total. The van der Waals surface area contributed by atoms with Crippen molar-refractivity contribution in [3.05, 3.63) is 114 Å². The van der Waals surface area contributed by atoms with Crippen molar-refractivity contribution in [3.8, 4) is 0 Å². The number of hydrogen-bond acceptors (Lipinski definition) is 6. The minimum absolute atomic E-state index is 0.293. The summed E-state index contributed by atoms with van der Waals surface area (Å²) in [6, 6.07) is 30.4. The van der Waals surface area contributed by atoms with E-state index in [1.165, 1.54) is 0 Å². The van der Waals surface area contributed by atoms with E-state index in [9.17, 15) is 0 Å². The second-order valence-electron chi connectivity index (χ2n) is 7.14. The molecule has 0 aliphatic heterocycles. The monoisotopic (exact) mass is 445 g/mol. The van der Waals surface area contributed by atoms with Gasteiger partial charge in [-0.2, -0.15) is 0 Å². The van der Waals surface area contributed by atoms with Crippen molar-refractivity contribution in [1.82, 2.24) is 20.2 Å². The summed E-state index contributed by atoms with van der Waals surface area (Å²) in [6.45, 7) is 1.86. The van der Waals surface area contributed by atoms with Gasteiger partial charge in [0.05, 0.1) is 6.04 Å². The Morgan fingerprint density at radius 1 is 0.788 bits per heavy atom. The maximum atomic E-state index is 9.10. The summed E-state index contributed by atoms with van der Waals surface area (Å²) in [5.74, 6) is -3.13. The fourth-order valence-corrected chi connectivity index (χ4v) is 3.43. The summed E-state index contributed by atoms with van der Waals surface area (Å²) in [5.41, 5.74) is 8.42. The number of benzene rings is 3. The Kier molecular flexibility index (Phi) is 7.27. The summed E-state index contributed by atoms with van der Waals surface area (Å²) < 4.78 is 0. The van der Waals surface area contributed by atoms with E-state index in [-0.39, 0.29) is 6.04 Å². The molecule has 0 amide bonds. The van der Waals surface area contributed by atoms with Gasteiger partial charge >= 0.3 is 11.9 Å². The summed E-state index contributed by atoms with van der Waals surface area (Å²) in [7, 11) is 0. The quantitative estimate of drug-likeness (QED) is 0.314. The average molecular weight is 445 g/mol. The molecule has 1 atom stereocenters. The Labute approximate surface area is 190 Å². The molecule has 1 unspecified atom stereocenters. The number of nitrogens with zero attached hydrogens (tertiary/aromatic N) is 4. The highest BCUT2D eigenvalue weighted by molar-refractivity contribution is 6.27. The van der Waals surface area contributed by atoms with Crippen LogP contribution in [0.4, 0.5) is 0 Å². The van der Waals surface area contributed by atoms with Gasteiger partial charge in [0.25, 0.3) is 0 Å². The zero-order chi connectivity index (χ0) is 23.8. The lowest BCUT2D eigenvalue weighted by atomic mass is 9.77. The first-order valence-electron chi connectivity index (χ1n) is 10.1. The van der Waals surface area contributed by atoms with Crippen LogP contribution >= 0.6 is 0 Å². The van der Waals surface area contributed by atoms with Crippen LogP contribution in [0.1, 0.15) is 35.5 Å². The largest absolute Gasteiger partial charge is 0.473 e. The van der Waals surface area contributed by atoms with Crippen LogP contribution in [0.15, 0.2) is 91.0 Å². The van der Waals surface area contributed by atoms with E-state index in [1.807, 2.05) is 61.5 Å². The normalized spacial score (nSPS) is 11.7. The SMILES string of the molecule is CC(N)c1nnn(C(c2ccccc2)(c2ccccc2)c2ccccc2)n1.O=C(O)C(=O)O. The van der Waals surface area contributed by atoms with Gasteiger partial charge in [0.2, 0.25) is 0 Å². The number of rotatable bonds is 5. The van der Waals surface area contributed by atoms with Crippen LogP contribution in [0.2, 0.25) is 0 Å². The zero-order valence-corrected chi connectivity index (χ0v) is 17.8. The molecule has 0 radical (unpaired) electrons. The van der Waals surface area contributed by atoms with E-state index in [2.05, 4.69) is 51.8 Å². The molecule has 0 spiro atoms. The van der Waals surface area contributed by atoms with Gasteiger partial charge in [-0.3, -0.25) is 0 Å². The molecule has 0 saturated carbocycles. The highest BCUT2D eigenvalue weighted by Crippen LogP contribution is 2.39. The summed E-state index contributed by atoms with van der Waals surface area (Å²) in [6.07, 6.45) is 0. The number of aromatic nitrogens is 4. The third-order valence-electron chi connectivity index (χ3n) is 4.89. The Balaban J connectivity index is 0.000000454. The van der Waals surface area contributed by atoms with Crippen LogP contribution in [-0.2, 0) is 15.1 Å². The van der Waals surface area contributed by atoms with E-state index in [0.29, 0.717) is 5.82 Å². The predicted octanol–water partition coefficient (Wildman–Crippen LogP) is 2.69. The van der Waals surface area contributed by atoms with Crippen LogP contribution < -0.4 is 5.73 Å². The van der Waals surface area contributed by atoms with Gasteiger partial charge in [0.1, 0.15) is 0 Å². The number of aliphatic carboxylic acids is 2. The number of carbonyl (C=O) groups is 2. The Morgan fingerprint density at radius 3 is 1.42 bits per heavy atom. The standard InChI is InChI=1S/C22H21N5.C2H2O4/c1-17(23)21-24-26-27(25-21)22(18-11-5-2-6-12-18,19-13-7-3-8-14-19)20-15-9-4-10-16-20;3-1(4)2(5)6/h2-17H,23H2,1H3;(H,3,4)(H,5,6). The molecule has 0 aliphatic carbocycles. The van der Waals surface area contributed by atoms with E-state index in [4.69, 9.17) is 25.5 Å².